The Bertz CT molecular complexity index is 591. The lowest BCUT2D eigenvalue weighted by Gasteiger charge is -2.08. The van der Waals surface area contributed by atoms with Gasteiger partial charge in [-0.3, -0.25) is 0 Å². The second kappa shape index (κ2) is 6.49. The highest BCUT2D eigenvalue weighted by Crippen LogP contribution is 2.20. The summed E-state index contributed by atoms with van der Waals surface area (Å²) in [6.45, 7) is 0. The van der Waals surface area contributed by atoms with Crippen LogP contribution in [0.4, 0.5) is 13.2 Å². The summed E-state index contributed by atoms with van der Waals surface area (Å²) in [5.41, 5.74) is -3.15. The molecule has 0 amide bonds. The molecule has 20 heavy (non-hydrogen) atoms. The van der Waals surface area contributed by atoms with E-state index in [1.165, 1.54) is 11.1 Å². The van der Waals surface area contributed by atoms with Crippen LogP contribution in [0, 0.1) is 0 Å². The highest BCUT2D eigenvalue weighted by Gasteiger charge is 2.36. The van der Waals surface area contributed by atoms with Crippen LogP contribution in [0.25, 0.3) is 11.1 Å². The third kappa shape index (κ3) is 4.98. The van der Waals surface area contributed by atoms with Crippen molar-refractivity contribution < 1.29 is 31.1 Å². The van der Waals surface area contributed by atoms with Crippen molar-refractivity contribution in [3.63, 3.8) is 0 Å². The molecular weight excluding hydrogens is 295 g/mol. The molecule has 0 aliphatic heterocycles. The molecule has 1 heterocycles. The lowest BCUT2D eigenvalue weighted by Crippen LogP contribution is -2.21. The van der Waals surface area contributed by atoms with Crippen LogP contribution in [0.15, 0.2) is 54.9 Å². The molecule has 0 bridgehead atoms. The summed E-state index contributed by atoms with van der Waals surface area (Å²) in [4.78, 5) is 3.00. The third-order valence-corrected chi connectivity index (χ3v) is 2.68. The normalized spacial score (nSPS) is 11.4. The van der Waals surface area contributed by atoms with E-state index in [1.54, 1.807) is 0 Å². The average Bonchev–Trinajstić information content (AvgIpc) is 2.39. The Morgan fingerprint density at radius 2 is 1.30 bits per heavy atom. The van der Waals surface area contributed by atoms with E-state index in [4.69, 9.17) is 13.0 Å². The molecule has 2 rings (SSSR count). The molecule has 0 saturated carbocycles. The number of aromatic amines is 1. The number of rotatable bonds is 1. The van der Waals surface area contributed by atoms with Gasteiger partial charge < -0.3 is 4.55 Å². The highest BCUT2D eigenvalue weighted by atomic mass is 32.2. The Morgan fingerprint density at radius 3 is 1.70 bits per heavy atom. The monoisotopic (exact) mass is 305 g/mol. The van der Waals surface area contributed by atoms with E-state index in [9.17, 15) is 13.2 Å². The molecule has 0 fully saturated rings. The summed E-state index contributed by atoms with van der Waals surface area (Å²) in [5, 5.41) is 0. The van der Waals surface area contributed by atoms with Gasteiger partial charge in [-0.05, 0) is 11.1 Å². The summed E-state index contributed by atoms with van der Waals surface area (Å²) in [7, 11) is -6.09. The first-order valence-corrected chi connectivity index (χ1v) is 6.66. The van der Waals surface area contributed by atoms with Crippen molar-refractivity contribution >= 4 is 10.1 Å². The van der Waals surface area contributed by atoms with Crippen molar-refractivity contribution in [3.8, 4) is 11.1 Å². The molecule has 1 aromatic carbocycles. The maximum atomic E-state index is 10.7. The number of hydrogen-bond acceptors (Lipinski definition) is 3. The van der Waals surface area contributed by atoms with Crippen LogP contribution in [0.5, 0.6) is 0 Å². The molecule has 0 unspecified atom stereocenters. The maximum Gasteiger partial charge on any atom is 0.485 e. The second-order valence-corrected chi connectivity index (χ2v) is 4.93. The summed E-state index contributed by atoms with van der Waals surface area (Å²) < 4.78 is 58.9. The van der Waals surface area contributed by atoms with Crippen molar-refractivity contribution in [2.45, 2.75) is 5.51 Å². The van der Waals surface area contributed by atoms with Crippen LogP contribution in [-0.2, 0) is 10.1 Å². The van der Waals surface area contributed by atoms with Crippen LogP contribution < -0.4 is 4.98 Å². The molecule has 4 nitrogen and oxygen atoms in total. The Balaban J connectivity index is 0.000000221. The van der Waals surface area contributed by atoms with Gasteiger partial charge in [-0.1, -0.05) is 30.3 Å². The van der Waals surface area contributed by atoms with Crippen LogP contribution >= 0.6 is 0 Å². The van der Waals surface area contributed by atoms with Gasteiger partial charge in [-0.25, -0.2) is 13.4 Å². The number of hydrogen-bond donors (Lipinski definition) is 0. The molecular formula is C12H10F3NO3S. The first kappa shape index (κ1) is 16.1. The van der Waals surface area contributed by atoms with Crippen LogP contribution in [0.1, 0.15) is 0 Å². The Morgan fingerprint density at radius 1 is 0.900 bits per heavy atom. The molecule has 2 aromatic rings. The molecule has 0 spiro atoms. The number of nitrogens with one attached hydrogen (secondary N) is 1. The Hall–Kier alpha value is -1.93. The number of pyridine rings is 1. The Labute approximate surface area is 113 Å². The van der Waals surface area contributed by atoms with Crippen molar-refractivity contribution in [3.05, 3.63) is 54.9 Å². The zero-order valence-electron chi connectivity index (χ0n) is 9.96. The second-order valence-electron chi connectivity index (χ2n) is 3.55. The molecule has 0 aliphatic rings. The van der Waals surface area contributed by atoms with Gasteiger partial charge in [0.2, 0.25) is 0 Å². The third-order valence-electron chi connectivity index (χ3n) is 2.11. The fraction of sp³-hybridized carbons (Fsp3) is 0.0833. The van der Waals surface area contributed by atoms with E-state index >= 15 is 0 Å². The van der Waals surface area contributed by atoms with Crippen molar-refractivity contribution in [2.75, 3.05) is 0 Å². The lowest BCUT2D eigenvalue weighted by atomic mass is 10.1. The lowest BCUT2D eigenvalue weighted by molar-refractivity contribution is -0.377. The minimum absolute atomic E-state index is 1.24. The predicted octanol–water partition coefficient (Wildman–Crippen LogP) is 2.22. The van der Waals surface area contributed by atoms with Crippen LogP contribution in [0.3, 0.4) is 0 Å². The molecule has 1 aromatic heterocycles. The molecule has 0 radical (unpaired) electrons. The number of alkyl halides is 3. The topological polar surface area (TPSA) is 71.3 Å². The summed E-state index contributed by atoms with van der Waals surface area (Å²) in [5.74, 6) is 0. The summed E-state index contributed by atoms with van der Waals surface area (Å²) >= 11 is 0. The number of aromatic nitrogens is 1. The smallest absolute Gasteiger partial charge is 0.485 e. The largest absolute Gasteiger partial charge is 0.741 e. The van der Waals surface area contributed by atoms with Crippen LogP contribution in [-0.4, -0.2) is 18.5 Å². The number of H-pyrrole nitrogens is 1. The quantitative estimate of drug-likeness (QED) is 0.599. The number of halogens is 3. The van der Waals surface area contributed by atoms with E-state index in [1.807, 2.05) is 30.6 Å². The van der Waals surface area contributed by atoms with Gasteiger partial charge in [0.15, 0.2) is 22.5 Å². The standard InChI is InChI=1S/C11H9N.CHF3O3S/c1-2-4-10(5-3-1)11-6-8-12-9-7-11;2-1(3,4)8(5,6)7/h1-9H;(H,5,6,7). The van der Waals surface area contributed by atoms with E-state index in [-0.39, 0.29) is 0 Å². The molecule has 1 N–H and O–H groups in total. The van der Waals surface area contributed by atoms with E-state index in [2.05, 4.69) is 29.2 Å². The van der Waals surface area contributed by atoms with Crippen molar-refractivity contribution in [1.82, 2.24) is 0 Å². The van der Waals surface area contributed by atoms with Crippen LogP contribution in [0.2, 0.25) is 0 Å². The summed E-state index contributed by atoms with van der Waals surface area (Å²) in [6, 6.07) is 14.5. The first-order chi connectivity index (χ1) is 9.22. The summed E-state index contributed by atoms with van der Waals surface area (Å²) in [6.07, 6.45) is 3.87. The first-order valence-electron chi connectivity index (χ1n) is 5.25. The molecule has 0 saturated heterocycles. The average molecular weight is 305 g/mol. The zero-order valence-corrected chi connectivity index (χ0v) is 10.8. The molecule has 8 heteroatoms. The molecule has 0 atom stereocenters. The molecule has 108 valence electrons. The Kier molecular flexibility index (Phi) is 5.23. The fourth-order valence-corrected chi connectivity index (χ4v) is 1.21. The van der Waals surface area contributed by atoms with Gasteiger partial charge in [0.1, 0.15) is 0 Å². The number of benzene rings is 1. The van der Waals surface area contributed by atoms with Gasteiger partial charge in [0, 0.05) is 12.1 Å². The van der Waals surface area contributed by atoms with Gasteiger partial charge in [-0.2, -0.15) is 13.2 Å². The van der Waals surface area contributed by atoms with Crippen molar-refractivity contribution in [2.24, 2.45) is 0 Å². The minimum atomic E-state index is -6.09. The SMILES string of the molecule is O=S(=O)([O-])C(F)(F)F.c1ccc(-c2cc[nH+]cc2)cc1. The molecule has 0 aliphatic carbocycles. The van der Waals surface area contributed by atoms with E-state index < -0.39 is 15.6 Å². The van der Waals surface area contributed by atoms with Gasteiger partial charge in [0.25, 0.3) is 0 Å². The van der Waals surface area contributed by atoms with Gasteiger partial charge in [0.05, 0.1) is 0 Å². The van der Waals surface area contributed by atoms with E-state index in [0.29, 0.717) is 0 Å². The predicted molar refractivity (Wildman–Crippen MR) is 64.2 cm³/mol. The minimum Gasteiger partial charge on any atom is -0.741 e. The fourth-order valence-electron chi connectivity index (χ4n) is 1.21. The highest BCUT2D eigenvalue weighted by molar-refractivity contribution is 7.86. The zero-order chi connectivity index (χ0) is 15.2. The van der Waals surface area contributed by atoms with Gasteiger partial charge >= 0.3 is 5.51 Å². The van der Waals surface area contributed by atoms with E-state index in [0.717, 1.165) is 0 Å². The maximum absolute atomic E-state index is 10.7. The van der Waals surface area contributed by atoms with Crippen molar-refractivity contribution in [1.29, 1.82) is 0 Å². The van der Waals surface area contributed by atoms with Gasteiger partial charge in [-0.15, -0.1) is 0 Å².